The van der Waals surface area contributed by atoms with Crippen LogP contribution in [0.25, 0.3) is 0 Å². The van der Waals surface area contributed by atoms with E-state index in [2.05, 4.69) is 5.32 Å². The van der Waals surface area contributed by atoms with Gasteiger partial charge in [0.25, 0.3) is 5.91 Å². The van der Waals surface area contributed by atoms with E-state index in [0.717, 1.165) is 0 Å². The molecule has 0 aliphatic carbocycles. The first-order valence-corrected chi connectivity index (χ1v) is 4.63. The number of aliphatic carboxylic acids is 1. The molecule has 82 valence electrons. The second kappa shape index (κ2) is 4.63. The largest absolute Gasteiger partial charge is 0.480 e. The van der Waals surface area contributed by atoms with Crippen LogP contribution in [0.3, 0.4) is 0 Å². The highest BCUT2D eigenvalue weighted by atomic mass is 16.4. The van der Waals surface area contributed by atoms with Crippen LogP contribution in [0.1, 0.15) is 29.5 Å². The standard InChI is InChI=1S/C10H13NO4/c1-3-8(10(13)14)11-9(12)7-4-6(2)15-5-7/h4-5,8H,3H2,1-2H3,(H,11,12)(H,13,14)/t8-/m0/s1. The Kier molecular flexibility index (Phi) is 3.49. The topological polar surface area (TPSA) is 79.5 Å². The van der Waals surface area contributed by atoms with Gasteiger partial charge in [-0.2, -0.15) is 0 Å². The van der Waals surface area contributed by atoms with Gasteiger partial charge in [0.1, 0.15) is 18.1 Å². The van der Waals surface area contributed by atoms with Crippen LogP contribution in [0, 0.1) is 6.92 Å². The fourth-order valence-electron chi connectivity index (χ4n) is 1.14. The maximum atomic E-state index is 11.5. The van der Waals surface area contributed by atoms with E-state index in [9.17, 15) is 9.59 Å². The van der Waals surface area contributed by atoms with E-state index in [1.165, 1.54) is 6.26 Å². The maximum absolute atomic E-state index is 11.5. The summed E-state index contributed by atoms with van der Waals surface area (Å²) in [6.45, 7) is 3.41. The summed E-state index contributed by atoms with van der Waals surface area (Å²) < 4.78 is 4.95. The van der Waals surface area contributed by atoms with Crippen molar-refractivity contribution in [1.82, 2.24) is 5.32 Å². The van der Waals surface area contributed by atoms with Crippen molar-refractivity contribution in [3.63, 3.8) is 0 Å². The molecule has 0 saturated carbocycles. The lowest BCUT2D eigenvalue weighted by molar-refractivity contribution is -0.139. The third-order valence-electron chi connectivity index (χ3n) is 2.00. The van der Waals surface area contributed by atoms with Crippen LogP contribution in [0.4, 0.5) is 0 Å². The predicted molar refractivity (Wildman–Crippen MR) is 52.6 cm³/mol. The number of carboxylic acids is 1. The summed E-state index contributed by atoms with van der Waals surface area (Å²) in [5.41, 5.74) is 0.340. The molecule has 1 atom stereocenters. The fourth-order valence-corrected chi connectivity index (χ4v) is 1.14. The number of carbonyl (C=O) groups is 2. The van der Waals surface area contributed by atoms with Gasteiger partial charge in [-0.15, -0.1) is 0 Å². The Balaban J connectivity index is 2.66. The highest BCUT2D eigenvalue weighted by Gasteiger charge is 2.19. The number of hydrogen-bond donors (Lipinski definition) is 2. The van der Waals surface area contributed by atoms with Crippen LogP contribution in [-0.2, 0) is 4.79 Å². The number of furan rings is 1. The van der Waals surface area contributed by atoms with Crippen LogP contribution in [0.2, 0.25) is 0 Å². The van der Waals surface area contributed by atoms with Crippen molar-refractivity contribution in [2.45, 2.75) is 26.3 Å². The molecular weight excluding hydrogens is 198 g/mol. The monoisotopic (exact) mass is 211 g/mol. The summed E-state index contributed by atoms with van der Waals surface area (Å²) in [7, 11) is 0. The minimum absolute atomic E-state index is 0.340. The number of carbonyl (C=O) groups excluding carboxylic acids is 1. The molecule has 5 nitrogen and oxygen atoms in total. The summed E-state index contributed by atoms with van der Waals surface area (Å²) in [5.74, 6) is -0.851. The Bertz CT molecular complexity index is 369. The van der Waals surface area contributed by atoms with Crippen LogP contribution in [0.5, 0.6) is 0 Å². The third kappa shape index (κ3) is 2.83. The number of aryl methyl sites for hydroxylation is 1. The lowest BCUT2D eigenvalue weighted by atomic mass is 10.2. The van der Waals surface area contributed by atoms with Crippen molar-refractivity contribution in [1.29, 1.82) is 0 Å². The molecule has 0 bridgehead atoms. The molecule has 2 N–H and O–H groups in total. The molecule has 0 aliphatic heterocycles. The SMILES string of the molecule is CC[C@H](NC(=O)c1coc(C)c1)C(=O)O. The minimum atomic E-state index is -1.04. The second-order valence-corrected chi connectivity index (χ2v) is 3.22. The van der Waals surface area contributed by atoms with E-state index >= 15 is 0 Å². The molecule has 1 rings (SSSR count). The van der Waals surface area contributed by atoms with Gasteiger partial charge in [-0.05, 0) is 19.4 Å². The van der Waals surface area contributed by atoms with Crippen molar-refractivity contribution in [2.24, 2.45) is 0 Å². The van der Waals surface area contributed by atoms with Gasteiger partial charge in [0.15, 0.2) is 0 Å². The van der Waals surface area contributed by atoms with Crippen molar-refractivity contribution in [3.05, 3.63) is 23.7 Å². The second-order valence-electron chi connectivity index (χ2n) is 3.22. The van der Waals surface area contributed by atoms with E-state index in [1.807, 2.05) is 0 Å². The van der Waals surface area contributed by atoms with Crippen molar-refractivity contribution < 1.29 is 19.1 Å². The number of carboxylic acid groups (broad SMARTS) is 1. The first kappa shape index (κ1) is 11.3. The van der Waals surface area contributed by atoms with Crippen LogP contribution >= 0.6 is 0 Å². The number of amides is 1. The molecule has 5 heteroatoms. The van der Waals surface area contributed by atoms with Crippen molar-refractivity contribution in [2.75, 3.05) is 0 Å². The Hall–Kier alpha value is -1.78. The van der Waals surface area contributed by atoms with E-state index in [4.69, 9.17) is 9.52 Å². The van der Waals surface area contributed by atoms with Crippen molar-refractivity contribution >= 4 is 11.9 Å². The number of hydrogen-bond acceptors (Lipinski definition) is 3. The average Bonchev–Trinajstić information content (AvgIpc) is 2.60. The molecule has 0 spiro atoms. The zero-order valence-electron chi connectivity index (χ0n) is 8.61. The molecule has 0 unspecified atom stereocenters. The van der Waals surface area contributed by atoms with E-state index in [-0.39, 0.29) is 0 Å². The van der Waals surface area contributed by atoms with Crippen molar-refractivity contribution in [3.8, 4) is 0 Å². The smallest absolute Gasteiger partial charge is 0.326 e. The highest BCUT2D eigenvalue weighted by molar-refractivity contribution is 5.96. The van der Waals surface area contributed by atoms with Crippen LogP contribution < -0.4 is 5.32 Å². The van der Waals surface area contributed by atoms with E-state index in [1.54, 1.807) is 19.9 Å². The Morgan fingerprint density at radius 2 is 2.27 bits per heavy atom. The van der Waals surface area contributed by atoms with Gasteiger partial charge in [0, 0.05) is 0 Å². The average molecular weight is 211 g/mol. The molecule has 0 radical (unpaired) electrons. The van der Waals surface area contributed by atoms with Gasteiger partial charge < -0.3 is 14.8 Å². The fraction of sp³-hybridized carbons (Fsp3) is 0.400. The Morgan fingerprint density at radius 3 is 2.67 bits per heavy atom. The summed E-state index contributed by atoms with van der Waals surface area (Å²) in [6.07, 6.45) is 1.65. The Labute approximate surface area is 87.1 Å². The van der Waals surface area contributed by atoms with Crippen LogP contribution in [0.15, 0.2) is 16.7 Å². The molecule has 0 aliphatic rings. The summed E-state index contributed by atoms with van der Waals surface area (Å²) in [4.78, 5) is 22.2. The zero-order valence-corrected chi connectivity index (χ0v) is 8.61. The van der Waals surface area contributed by atoms with Gasteiger partial charge in [-0.1, -0.05) is 6.92 Å². The number of rotatable bonds is 4. The van der Waals surface area contributed by atoms with Crippen LogP contribution in [-0.4, -0.2) is 23.0 Å². The molecule has 1 aromatic rings. The van der Waals surface area contributed by atoms with E-state index in [0.29, 0.717) is 17.7 Å². The summed E-state index contributed by atoms with van der Waals surface area (Å²) in [6, 6.07) is 0.705. The quantitative estimate of drug-likeness (QED) is 0.783. The summed E-state index contributed by atoms with van der Waals surface area (Å²) in [5, 5.41) is 11.1. The zero-order chi connectivity index (χ0) is 11.4. The molecule has 1 aromatic heterocycles. The third-order valence-corrected chi connectivity index (χ3v) is 2.00. The normalized spacial score (nSPS) is 12.1. The maximum Gasteiger partial charge on any atom is 0.326 e. The lowest BCUT2D eigenvalue weighted by Gasteiger charge is -2.10. The molecule has 15 heavy (non-hydrogen) atoms. The van der Waals surface area contributed by atoms with Gasteiger partial charge in [-0.25, -0.2) is 4.79 Å². The van der Waals surface area contributed by atoms with Gasteiger partial charge >= 0.3 is 5.97 Å². The molecule has 1 heterocycles. The summed E-state index contributed by atoms with van der Waals surface area (Å²) >= 11 is 0. The lowest BCUT2D eigenvalue weighted by Crippen LogP contribution is -2.40. The highest BCUT2D eigenvalue weighted by Crippen LogP contribution is 2.06. The Morgan fingerprint density at radius 1 is 1.60 bits per heavy atom. The van der Waals surface area contributed by atoms with Gasteiger partial charge in [0.2, 0.25) is 0 Å². The minimum Gasteiger partial charge on any atom is -0.480 e. The van der Waals surface area contributed by atoms with Gasteiger partial charge in [-0.3, -0.25) is 4.79 Å². The molecule has 0 aromatic carbocycles. The molecule has 0 saturated heterocycles. The molecule has 1 amide bonds. The first-order valence-electron chi connectivity index (χ1n) is 4.63. The predicted octanol–water partition coefficient (Wildman–Crippen LogP) is 1.18. The van der Waals surface area contributed by atoms with Gasteiger partial charge in [0.05, 0.1) is 5.56 Å². The van der Waals surface area contributed by atoms with E-state index < -0.39 is 17.9 Å². The molecule has 0 fully saturated rings. The number of nitrogens with one attached hydrogen (secondary N) is 1. The molecular formula is C10H13NO4. The first-order chi connectivity index (χ1) is 7.04.